The van der Waals surface area contributed by atoms with E-state index in [0.29, 0.717) is 23.7 Å². The molecule has 0 heterocycles. The van der Waals surface area contributed by atoms with Gasteiger partial charge in [0.05, 0.1) is 5.71 Å². The number of halogens is 1. The van der Waals surface area contributed by atoms with Crippen LogP contribution in [0.5, 0.6) is 0 Å². The molecule has 3 N–H and O–H groups in total. The number of allylic oxidation sites excluding steroid dienone is 1. The standard InChI is InChI=1S/C23H26FN3O/c1-4-23(28)27-15-19-6-5-18(17-7-9-20(24)10-8-17)13-21(19)22(25)11-12-26-14-16(2)3/h4-13,16,25-26H,1,14-15H2,2-3H3,(H,27,28)/b12-11-,25-22?. The van der Waals surface area contributed by atoms with Crippen molar-refractivity contribution in [1.29, 1.82) is 5.41 Å². The molecule has 0 aliphatic carbocycles. The van der Waals surface area contributed by atoms with E-state index in [0.717, 1.165) is 23.2 Å². The molecule has 1 amide bonds. The fraction of sp³-hybridized carbons (Fsp3) is 0.217. The summed E-state index contributed by atoms with van der Waals surface area (Å²) in [5, 5.41) is 14.4. The van der Waals surface area contributed by atoms with Gasteiger partial charge < -0.3 is 16.0 Å². The van der Waals surface area contributed by atoms with Crippen LogP contribution in [0.1, 0.15) is 25.0 Å². The van der Waals surface area contributed by atoms with Crippen molar-refractivity contribution >= 4 is 11.6 Å². The Balaban J connectivity index is 2.31. The van der Waals surface area contributed by atoms with Gasteiger partial charge in [0, 0.05) is 18.7 Å². The summed E-state index contributed by atoms with van der Waals surface area (Å²) >= 11 is 0. The quantitative estimate of drug-likeness (QED) is 0.446. The van der Waals surface area contributed by atoms with E-state index in [4.69, 9.17) is 5.41 Å². The maximum absolute atomic E-state index is 13.2. The normalized spacial score (nSPS) is 10.9. The molecule has 0 saturated heterocycles. The van der Waals surface area contributed by atoms with Crippen LogP contribution in [-0.2, 0) is 11.3 Å². The first kappa shape index (κ1) is 21.1. The van der Waals surface area contributed by atoms with Gasteiger partial charge in [-0.15, -0.1) is 0 Å². The Morgan fingerprint density at radius 3 is 2.50 bits per heavy atom. The molecule has 4 nitrogen and oxygen atoms in total. The molecule has 0 aliphatic rings. The highest BCUT2D eigenvalue weighted by Gasteiger charge is 2.10. The molecule has 0 aromatic heterocycles. The Labute approximate surface area is 165 Å². The summed E-state index contributed by atoms with van der Waals surface area (Å²) in [4.78, 5) is 11.5. The van der Waals surface area contributed by atoms with Crippen LogP contribution in [0.15, 0.2) is 67.4 Å². The molecule has 0 aliphatic heterocycles. The second kappa shape index (κ2) is 10.2. The monoisotopic (exact) mass is 379 g/mol. The first-order chi connectivity index (χ1) is 13.4. The lowest BCUT2D eigenvalue weighted by atomic mass is 9.96. The number of benzene rings is 2. The number of hydrogen-bond acceptors (Lipinski definition) is 3. The van der Waals surface area contributed by atoms with E-state index in [1.165, 1.54) is 18.2 Å². The summed E-state index contributed by atoms with van der Waals surface area (Å²) < 4.78 is 13.2. The highest BCUT2D eigenvalue weighted by Crippen LogP contribution is 2.24. The maximum atomic E-state index is 13.2. The van der Waals surface area contributed by atoms with Crippen LogP contribution in [0.25, 0.3) is 11.1 Å². The smallest absolute Gasteiger partial charge is 0.243 e. The average molecular weight is 379 g/mol. The molecule has 0 radical (unpaired) electrons. The third kappa shape index (κ3) is 6.20. The van der Waals surface area contributed by atoms with E-state index < -0.39 is 0 Å². The Morgan fingerprint density at radius 2 is 1.86 bits per heavy atom. The number of carbonyl (C=O) groups is 1. The summed E-state index contributed by atoms with van der Waals surface area (Å²) in [5.74, 6) is -0.0563. The van der Waals surface area contributed by atoms with E-state index in [2.05, 4.69) is 31.1 Å². The van der Waals surface area contributed by atoms with Crippen molar-refractivity contribution in [2.24, 2.45) is 5.92 Å². The van der Waals surface area contributed by atoms with Crippen molar-refractivity contribution in [2.45, 2.75) is 20.4 Å². The van der Waals surface area contributed by atoms with Crippen molar-refractivity contribution in [3.63, 3.8) is 0 Å². The summed E-state index contributed by atoms with van der Waals surface area (Å²) in [6, 6.07) is 11.9. The highest BCUT2D eigenvalue weighted by atomic mass is 19.1. The number of carbonyl (C=O) groups excluding carboxylic acids is 1. The van der Waals surface area contributed by atoms with E-state index in [-0.39, 0.29) is 11.7 Å². The minimum absolute atomic E-state index is 0.269. The van der Waals surface area contributed by atoms with Crippen molar-refractivity contribution in [1.82, 2.24) is 10.6 Å². The number of amides is 1. The van der Waals surface area contributed by atoms with Crippen molar-refractivity contribution in [3.8, 4) is 11.1 Å². The molecule has 0 saturated carbocycles. The molecular weight excluding hydrogens is 353 g/mol. The lowest BCUT2D eigenvalue weighted by Crippen LogP contribution is -2.21. The van der Waals surface area contributed by atoms with E-state index in [1.807, 2.05) is 18.2 Å². The Hall–Kier alpha value is -3.21. The van der Waals surface area contributed by atoms with Crippen molar-refractivity contribution < 1.29 is 9.18 Å². The first-order valence-electron chi connectivity index (χ1n) is 9.18. The fourth-order valence-corrected chi connectivity index (χ4v) is 2.59. The highest BCUT2D eigenvalue weighted by molar-refractivity contribution is 6.08. The van der Waals surface area contributed by atoms with Gasteiger partial charge in [0.2, 0.25) is 5.91 Å². The van der Waals surface area contributed by atoms with Gasteiger partial charge in [-0.05, 0) is 59.2 Å². The van der Waals surface area contributed by atoms with E-state index in [1.54, 1.807) is 24.4 Å². The second-order valence-electron chi connectivity index (χ2n) is 6.85. The van der Waals surface area contributed by atoms with Crippen LogP contribution in [0.3, 0.4) is 0 Å². The summed E-state index contributed by atoms with van der Waals surface area (Å²) in [6.07, 6.45) is 4.68. The molecule has 0 unspecified atom stereocenters. The van der Waals surface area contributed by atoms with Gasteiger partial charge in [0.25, 0.3) is 0 Å². The lowest BCUT2D eigenvalue weighted by molar-refractivity contribution is -0.116. The van der Waals surface area contributed by atoms with E-state index in [9.17, 15) is 9.18 Å². The van der Waals surface area contributed by atoms with Gasteiger partial charge in [0.15, 0.2) is 0 Å². The molecule has 2 aromatic carbocycles. The van der Waals surface area contributed by atoms with Crippen LogP contribution in [0, 0.1) is 17.1 Å². The molecule has 28 heavy (non-hydrogen) atoms. The number of hydrogen-bond donors (Lipinski definition) is 3. The number of nitrogens with one attached hydrogen (secondary N) is 3. The molecule has 0 fully saturated rings. The molecule has 0 bridgehead atoms. The Bertz CT molecular complexity index is 870. The largest absolute Gasteiger partial charge is 0.391 e. The predicted molar refractivity (Wildman–Crippen MR) is 113 cm³/mol. The minimum atomic E-state index is -0.292. The average Bonchev–Trinajstić information content (AvgIpc) is 2.69. The molecule has 146 valence electrons. The van der Waals surface area contributed by atoms with E-state index >= 15 is 0 Å². The zero-order valence-corrected chi connectivity index (χ0v) is 16.3. The third-order valence-electron chi connectivity index (χ3n) is 4.11. The van der Waals surface area contributed by atoms with Crippen LogP contribution in [0.2, 0.25) is 0 Å². The maximum Gasteiger partial charge on any atom is 0.243 e. The molecule has 2 rings (SSSR count). The Morgan fingerprint density at radius 1 is 1.18 bits per heavy atom. The SMILES string of the molecule is C=CC(=O)NCc1ccc(-c2ccc(F)cc2)cc1C(=N)/C=C\NCC(C)C. The van der Waals surface area contributed by atoms with Gasteiger partial charge in [-0.2, -0.15) is 0 Å². The molecule has 5 heteroatoms. The molecule has 0 atom stereocenters. The molecular formula is C23H26FN3O. The van der Waals surface area contributed by atoms with Gasteiger partial charge in [-0.3, -0.25) is 4.79 Å². The van der Waals surface area contributed by atoms with Crippen LogP contribution < -0.4 is 10.6 Å². The van der Waals surface area contributed by atoms with Crippen LogP contribution in [-0.4, -0.2) is 18.2 Å². The minimum Gasteiger partial charge on any atom is -0.391 e. The second-order valence-corrected chi connectivity index (χ2v) is 6.85. The van der Waals surface area contributed by atoms with Gasteiger partial charge >= 0.3 is 0 Å². The summed E-state index contributed by atoms with van der Waals surface area (Å²) in [5.41, 5.74) is 3.58. The first-order valence-corrected chi connectivity index (χ1v) is 9.18. The molecule has 2 aromatic rings. The van der Waals surface area contributed by atoms with Gasteiger partial charge in [0.1, 0.15) is 5.82 Å². The zero-order valence-electron chi connectivity index (χ0n) is 16.3. The van der Waals surface area contributed by atoms with Crippen LogP contribution in [0.4, 0.5) is 4.39 Å². The lowest BCUT2D eigenvalue weighted by Gasteiger charge is -2.12. The summed E-state index contributed by atoms with van der Waals surface area (Å²) in [6.45, 7) is 8.78. The van der Waals surface area contributed by atoms with Crippen LogP contribution >= 0.6 is 0 Å². The van der Waals surface area contributed by atoms with Gasteiger partial charge in [-0.25, -0.2) is 4.39 Å². The fourth-order valence-electron chi connectivity index (χ4n) is 2.59. The Kier molecular flexibility index (Phi) is 7.69. The predicted octanol–water partition coefficient (Wildman–Crippen LogP) is 4.42. The zero-order chi connectivity index (χ0) is 20.5. The third-order valence-corrected chi connectivity index (χ3v) is 4.11. The van der Waals surface area contributed by atoms with Crippen molar-refractivity contribution in [3.05, 3.63) is 84.3 Å². The molecule has 0 spiro atoms. The van der Waals surface area contributed by atoms with Gasteiger partial charge in [-0.1, -0.05) is 44.7 Å². The topological polar surface area (TPSA) is 65.0 Å². The summed E-state index contributed by atoms with van der Waals surface area (Å²) in [7, 11) is 0. The number of rotatable bonds is 9. The van der Waals surface area contributed by atoms with Crippen molar-refractivity contribution in [2.75, 3.05) is 6.54 Å².